The lowest BCUT2D eigenvalue weighted by molar-refractivity contribution is 0.0780. The van der Waals surface area contributed by atoms with Crippen LogP contribution in [0.4, 0.5) is 0 Å². The lowest BCUT2D eigenvalue weighted by Gasteiger charge is -2.15. The first-order valence-corrected chi connectivity index (χ1v) is 5.70. The van der Waals surface area contributed by atoms with Gasteiger partial charge in [-0.25, -0.2) is 0 Å². The van der Waals surface area contributed by atoms with Gasteiger partial charge in [-0.15, -0.1) is 0 Å². The molecule has 1 rings (SSSR count). The number of ether oxygens (including phenoxy) is 1. The van der Waals surface area contributed by atoms with Crippen LogP contribution >= 0.6 is 0 Å². The van der Waals surface area contributed by atoms with Crippen LogP contribution in [0.5, 0.6) is 0 Å². The van der Waals surface area contributed by atoms with Crippen molar-refractivity contribution in [3.8, 4) is 0 Å². The molecule has 1 aliphatic rings. The highest BCUT2D eigenvalue weighted by molar-refractivity contribution is 4.77. The minimum atomic E-state index is -0.0754. The predicted molar refractivity (Wildman–Crippen MR) is 57.3 cm³/mol. The Balaban J connectivity index is 1.93. The molecule has 0 heterocycles. The van der Waals surface area contributed by atoms with Crippen molar-refractivity contribution in [3.05, 3.63) is 0 Å². The molecule has 0 aromatic heterocycles. The van der Waals surface area contributed by atoms with E-state index in [0.29, 0.717) is 12.0 Å². The summed E-state index contributed by atoms with van der Waals surface area (Å²) in [5.74, 6) is 0.467. The minimum Gasteiger partial charge on any atom is -0.393 e. The summed E-state index contributed by atoms with van der Waals surface area (Å²) in [4.78, 5) is 0. The van der Waals surface area contributed by atoms with Crippen molar-refractivity contribution in [3.63, 3.8) is 0 Å². The van der Waals surface area contributed by atoms with Gasteiger partial charge in [0, 0.05) is 13.1 Å². The fourth-order valence-electron chi connectivity index (χ4n) is 1.91. The van der Waals surface area contributed by atoms with E-state index in [1.54, 1.807) is 0 Å². The van der Waals surface area contributed by atoms with Crippen molar-refractivity contribution in [1.29, 1.82) is 0 Å². The van der Waals surface area contributed by atoms with Crippen LogP contribution in [0.25, 0.3) is 0 Å². The Bertz CT molecular complexity index is 150. The summed E-state index contributed by atoms with van der Waals surface area (Å²) in [5.41, 5.74) is 0. The molecule has 2 unspecified atom stereocenters. The normalized spacial score (nSPS) is 27.4. The molecular formula is C11H23NO2. The summed E-state index contributed by atoms with van der Waals surface area (Å²) in [5, 5.41) is 12.9. The molecule has 0 spiro atoms. The van der Waals surface area contributed by atoms with Crippen molar-refractivity contribution >= 4 is 0 Å². The summed E-state index contributed by atoms with van der Waals surface area (Å²) >= 11 is 0. The number of aliphatic hydroxyl groups excluding tert-OH is 1. The fourth-order valence-corrected chi connectivity index (χ4v) is 1.91. The number of rotatable bonds is 6. The number of hydrogen-bond donors (Lipinski definition) is 2. The topological polar surface area (TPSA) is 41.5 Å². The van der Waals surface area contributed by atoms with Crippen molar-refractivity contribution in [1.82, 2.24) is 5.32 Å². The molecular weight excluding hydrogens is 178 g/mol. The van der Waals surface area contributed by atoms with Gasteiger partial charge >= 0.3 is 0 Å². The zero-order valence-corrected chi connectivity index (χ0v) is 9.33. The van der Waals surface area contributed by atoms with E-state index >= 15 is 0 Å². The van der Waals surface area contributed by atoms with E-state index < -0.39 is 0 Å². The van der Waals surface area contributed by atoms with Crippen LogP contribution in [0.15, 0.2) is 0 Å². The number of nitrogens with one attached hydrogen (secondary N) is 1. The summed E-state index contributed by atoms with van der Waals surface area (Å²) in [6, 6.07) is 0. The molecule has 0 saturated heterocycles. The molecule has 1 aliphatic carbocycles. The lowest BCUT2D eigenvalue weighted by Crippen LogP contribution is -2.30. The van der Waals surface area contributed by atoms with Crippen molar-refractivity contribution in [2.75, 3.05) is 19.7 Å². The van der Waals surface area contributed by atoms with E-state index in [1.807, 2.05) is 13.8 Å². The molecule has 0 bridgehead atoms. The molecule has 1 saturated carbocycles. The van der Waals surface area contributed by atoms with Crippen LogP contribution in [0.3, 0.4) is 0 Å². The summed E-state index contributed by atoms with van der Waals surface area (Å²) in [6.45, 7) is 6.67. The predicted octanol–water partition coefficient (Wildman–Crippen LogP) is 1.16. The highest BCUT2D eigenvalue weighted by atomic mass is 16.5. The molecule has 3 heteroatoms. The Morgan fingerprint density at radius 2 is 2.21 bits per heavy atom. The second-order valence-electron chi connectivity index (χ2n) is 4.38. The first-order valence-electron chi connectivity index (χ1n) is 5.70. The quantitative estimate of drug-likeness (QED) is 0.634. The first kappa shape index (κ1) is 12.0. The summed E-state index contributed by atoms with van der Waals surface area (Å²) < 4.78 is 5.41. The number of aliphatic hydroxyl groups is 1. The van der Waals surface area contributed by atoms with Crippen molar-refractivity contribution in [2.24, 2.45) is 5.92 Å². The molecule has 0 aliphatic heterocycles. The SMILES string of the molecule is CC(C)OCCNCC1CCCC1O. The lowest BCUT2D eigenvalue weighted by atomic mass is 10.1. The maximum absolute atomic E-state index is 9.56. The van der Waals surface area contributed by atoms with E-state index in [1.165, 1.54) is 12.8 Å². The van der Waals surface area contributed by atoms with Gasteiger partial charge in [-0.1, -0.05) is 6.42 Å². The van der Waals surface area contributed by atoms with Gasteiger partial charge in [-0.3, -0.25) is 0 Å². The summed E-state index contributed by atoms with van der Waals surface area (Å²) in [6.07, 6.45) is 3.56. The summed E-state index contributed by atoms with van der Waals surface area (Å²) in [7, 11) is 0. The maximum atomic E-state index is 9.56. The van der Waals surface area contributed by atoms with E-state index in [2.05, 4.69) is 5.32 Å². The molecule has 0 aromatic carbocycles. The second-order valence-corrected chi connectivity index (χ2v) is 4.38. The first-order chi connectivity index (χ1) is 6.70. The average Bonchev–Trinajstić information content (AvgIpc) is 2.51. The molecule has 2 N–H and O–H groups in total. The van der Waals surface area contributed by atoms with Gasteiger partial charge in [-0.2, -0.15) is 0 Å². The Labute approximate surface area is 86.8 Å². The highest BCUT2D eigenvalue weighted by Gasteiger charge is 2.24. The maximum Gasteiger partial charge on any atom is 0.0594 e. The van der Waals surface area contributed by atoms with Crippen molar-refractivity contribution in [2.45, 2.75) is 45.3 Å². The Morgan fingerprint density at radius 3 is 2.79 bits per heavy atom. The van der Waals surface area contributed by atoms with Crippen LogP contribution in [-0.4, -0.2) is 37.0 Å². The van der Waals surface area contributed by atoms with Gasteiger partial charge in [0.05, 0.1) is 18.8 Å². The Morgan fingerprint density at radius 1 is 1.43 bits per heavy atom. The zero-order chi connectivity index (χ0) is 10.4. The van der Waals surface area contributed by atoms with E-state index in [4.69, 9.17) is 4.74 Å². The largest absolute Gasteiger partial charge is 0.393 e. The van der Waals surface area contributed by atoms with Crippen molar-refractivity contribution < 1.29 is 9.84 Å². The average molecular weight is 201 g/mol. The number of hydrogen-bond acceptors (Lipinski definition) is 3. The molecule has 0 amide bonds. The van der Waals surface area contributed by atoms with Gasteiger partial charge < -0.3 is 15.2 Å². The van der Waals surface area contributed by atoms with Crippen LogP contribution in [0.2, 0.25) is 0 Å². The van der Waals surface area contributed by atoms with Gasteiger partial charge in [-0.05, 0) is 32.6 Å². The Hall–Kier alpha value is -0.120. The molecule has 14 heavy (non-hydrogen) atoms. The van der Waals surface area contributed by atoms with E-state index in [0.717, 1.165) is 26.1 Å². The molecule has 1 fully saturated rings. The van der Waals surface area contributed by atoms with Crippen LogP contribution in [-0.2, 0) is 4.74 Å². The molecule has 0 radical (unpaired) electrons. The fraction of sp³-hybridized carbons (Fsp3) is 1.00. The third-order valence-electron chi connectivity index (χ3n) is 2.76. The van der Waals surface area contributed by atoms with Crippen LogP contribution in [0.1, 0.15) is 33.1 Å². The molecule has 2 atom stereocenters. The molecule has 0 aromatic rings. The van der Waals surface area contributed by atoms with E-state index in [9.17, 15) is 5.11 Å². The smallest absolute Gasteiger partial charge is 0.0594 e. The third kappa shape index (κ3) is 4.40. The Kier molecular flexibility index (Phi) is 5.45. The molecule has 3 nitrogen and oxygen atoms in total. The van der Waals surface area contributed by atoms with Gasteiger partial charge in [0.25, 0.3) is 0 Å². The standard InChI is InChI=1S/C11H23NO2/c1-9(2)14-7-6-12-8-10-4-3-5-11(10)13/h9-13H,3-8H2,1-2H3. The highest BCUT2D eigenvalue weighted by Crippen LogP contribution is 2.24. The van der Waals surface area contributed by atoms with E-state index in [-0.39, 0.29) is 6.10 Å². The van der Waals surface area contributed by atoms with Gasteiger partial charge in [0.1, 0.15) is 0 Å². The minimum absolute atomic E-state index is 0.0754. The monoisotopic (exact) mass is 201 g/mol. The zero-order valence-electron chi connectivity index (χ0n) is 9.33. The third-order valence-corrected chi connectivity index (χ3v) is 2.76. The van der Waals surface area contributed by atoms with Gasteiger partial charge in [0.15, 0.2) is 0 Å². The molecule has 84 valence electrons. The van der Waals surface area contributed by atoms with Crippen LogP contribution in [0, 0.1) is 5.92 Å². The second kappa shape index (κ2) is 6.38. The van der Waals surface area contributed by atoms with Crippen LogP contribution < -0.4 is 5.32 Å². The van der Waals surface area contributed by atoms with Gasteiger partial charge in [0.2, 0.25) is 0 Å².